The van der Waals surface area contributed by atoms with Gasteiger partial charge in [0.15, 0.2) is 6.10 Å². The molecule has 0 heterocycles. The highest BCUT2D eigenvalue weighted by atomic mass is 16.6. The van der Waals surface area contributed by atoms with Gasteiger partial charge in [0.25, 0.3) is 0 Å². The van der Waals surface area contributed by atoms with Gasteiger partial charge in [0, 0.05) is 12.8 Å². The first-order chi connectivity index (χ1) is 21.1. The van der Waals surface area contributed by atoms with Crippen LogP contribution in [-0.4, -0.2) is 36.4 Å². The summed E-state index contributed by atoms with van der Waals surface area (Å²) in [5.74, 6) is -0.576. The SMILES string of the molecule is CCCCCCCCCCCCCCCCCC(=O)O[C@H](CO)COC(=O)CCCCCCCCCCCCCCCC. The highest BCUT2D eigenvalue weighted by Gasteiger charge is 2.16. The molecule has 0 saturated carbocycles. The molecule has 43 heavy (non-hydrogen) atoms. The Labute approximate surface area is 268 Å². The molecule has 0 bridgehead atoms. The molecule has 0 radical (unpaired) electrons. The van der Waals surface area contributed by atoms with Gasteiger partial charge in [-0.3, -0.25) is 9.59 Å². The Morgan fingerprint density at radius 2 is 0.721 bits per heavy atom. The number of carbonyl (C=O) groups excluding carboxylic acids is 2. The third-order valence-electron chi connectivity index (χ3n) is 8.65. The molecule has 256 valence electrons. The lowest BCUT2D eigenvalue weighted by Gasteiger charge is -2.15. The van der Waals surface area contributed by atoms with Crippen LogP contribution in [0.15, 0.2) is 0 Å². The Morgan fingerprint density at radius 1 is 0.442 bits per heavy atom. The van der Waals surface area contributed by atoms with E-state index in [0.717, 1.165) is 32.1 Å². The van der Waals surface area contributed by atoms with Crippen LogP contribution in [0.2, 0.25) is 0 Å². The van der Waals surface area contributed by atoms with E-state index in [2.05, 4.69) is 13.8 Å². The molecule has 0 fully saturated rings. The number of aliphatic hydroxyl groups is 1. The van der Waals surface area contributed by atoms with Crippen molar-refractivity contribution in [3.8, 4) is 0 Å². The molecule has 0 aliphatic heterocycles. The number of hydrogen-bond acceptors (Lipinski definition) is 5. The second-order valence-electron chi connectivity index (χ2n) is 13.0. The van der Waals surface area contributed by atoms with Gasteiger partial charge < -0.3 is 14.6 Å². The first-order valence-corrected chi connectivity index (χ1v) is 19.1. The highest BCUT2D eigenvalue weighted by Crippen LogP contribution is 2.15. The van der Waals surface area contributed by atoms with Crippen molar-refractivity contribution in [2.45, 2.75) is 219 Å². The van der Waals surface area contributed by atoms with Gasteiger partial charge in [-0.25, -0.2) is 0 Å². The fourth-order valence-corrected chi connectivity index (χ4v) is 5.73. The summed E-state index contributed by atoms with van der Waals surface area (Å²) in [5, 5.41) is 9.53. The van der Waals surface area contributed by atoms with Crippen molar-refractivity contribution in [1.29, 1.82) is 0 Å². The summed E-state index contributed by atoms with van der Waals surface area (Å²) in [5.41, 5.74) is 0. The van der Waals surface area contributed by atoms with Gasteiger partial charge in [-0.1, -0.05) is 187 Å². The van der Waals surface area contributed by atoms with E-state index in [1.807, 2.05) is 0 Å². The second-order valence-corrected chi connectivity index (χ2v) is 13.0. The average molecular weight is 611 g/mol. The van der Waals surface area contributed by atoms with Crippen LogP contribution in [0.5, 0.6) is 0 Å². The van der Waals surface area contributed by atoms with Gasteiger partial charge >= 0.3 is 11.9 Å². The summed E-state index contributed by atoms with van der Waals surface area (Å²) in [6, 6.07) is 0. The van der Waals surface area contributed by atoms with Gasteiger partial charge in [-0.15, -0.1) is 0 Å². The van der Waals surface area contributed by atoms with E-state index in [1.54, 1.807) is 0 Å². The van der Waals surface area contributed by atoms with Crippen molar-refractivity contribution in [2.75, 3.05) is 13.2 Å². The van der Waals surface area contributed by atoms with Crippen LogP contribution in [0, 0.1) is 0 Å². The van der Waals surface area contributed by atoms with E-state index < -0.39 is 6.10 Å². The van der Waals surface area contributed by atoms with E-state index in [0.29, 0.717) is 12.8 Å². The quantitative estimate of drug-likeness (QED) is 0.0571. The Morgan fingerprint density at radius 3 is 1.02 bits per heavy atom. The lowest BCUT2D eigenvalue weighted by molar-refractivity contribution is -0.161. The van der Waals surface area contributed by atoms with Crippen molar-refractivity contribution >= 4 is 11.9 Å². The molecule has 0 aromatic carbocycles. The summed E-state index contributed by atoms with van der Waals surface area (Å²) in [4.78, 5) is 24.2. The Bertz CT molecular complexity index is 579. The largest absolute Gasteiger partial charge is 0.462 e. The van der Waals surface area contributed by atoms with Crippen LogP contribution >= 0.6 is 0 Å². The smallest absolute Gasteiger partial charge is 0.306 e. The molecule has 1 N–H and O–H groups in total. The van der Waals surface area contributed by atoms with E-state index in [9.17, 15) is 14.7 Å². The van der Waals surface area contributed by atoms with Gasteiger partial charge in [0.05, 0.1) is 6.61 Å². The van der Waals surface area contributed by atoms with Gasteiger partial charge in [0.2, 0.25) is 0 Å². The minimum Gasteiger partial charge on any atom is -0.462 e. The minimum atomic E-state index is -0.760. The normalized spacial score (nSPS) is 12.0. The molecule has 0 aliphatic rings. The molecule has 1 atom stereocenters. The van der Waals surface area contributed by atoms with Crippen LogP contribution in [-0.2, 0) is 19.1 Å². The van der Waals surface area contributed by atoms with E-state index in [1.165, 1.54) is 154 Å². The van der Waals surface area contributed by atoms with Crippen molar-refractivity contribution in [2.24, 2.45) is 0 Å². The molecule has 5 nitrogen and oxygen atoms in total. The predicted molar refractivity (Wildman–Crippen MR) is 182 cm³/mol. The molecule has 0 aliphatic carbocycles. The summed E-state index contributed by atoms with van der Waals surface area (Å²) in [6.07, 6.45) is 37.3. The predicted octanol–water partition coefficient (Wildman–Crippen LogP) is 11.6. The molecular formula is C38H74O5. The summed E-state index contributed by atoms with van der Waals surface area (Å²) in [7, 11) is 0. The maximum absolute atomic E-state index is 12.1. The minimum absolute atomic E-state index is 0.0570. The monoisotopic (exact) mass is 611 g/mol. The Kier molecular flexibility index (Phi) is 34.5. The third-order valence-corrected chi connectivity index (χ3v) is 8.65. The maximum atomic E-state index is 12.1. The number of carbonyl (C=O) groups is 2. The molecule has 0 aromatic heterocycles. The fourth-order valence-electron chi connectivity index (χ4n) is 5.73. The summed E-state index contributed by atoms with van der Waals surface area (Å²) in [6.45, 7) is 4.16. The van der Waals surface area contributed by atoms with Gasteiger partial charge in [0.1, 0.15) is 6.61 Å². The van der Waals surface area contributed by atoms with Crippen molar-refractivity contribution in [3.63, 3.8) is 0 Å². The lowest BCUT2D eigenvalue weighted by atomic mass is 10.0. The topological polar surface area (TPSA) is 72.8 Å². The first-order valence-electron chi connectivity index (χ1n) is 19.1. The van der Waals surface area contributed by atoms with Gasteiger partial charge in [-0.2, -0.15) is 0 Å². The van der Waals surface area contributed by atoms with Crippen LogP contribution in [0.4, 0.5) is 0 Å². The molecule has 0 amide bonds. The number of rotatable bonds is 35. The van der Waals surface area contributed by atoms with Crippen LogP contribution in [0.25, 0.3) is 0 Å². The molecule has 0 saturated heterocycles. The first kappa shape index (κ1) is 41.9. The van der Waals surface area contributed by atoms with Crippen molar-refractivity contribution < 1.29 is 24.2 Å². The van der Waals surface area contributed by atoms with Crippen LogP contribution in [0.3, 0.4) is 0 Å². The lowest BCUT2D eigenvalue weighted by Crippen LogP contribution is -2.28. The number of unbranched alkanes of at least 4 members (excludes halogenated alkanes) is 27. The number of hydrogen-bond donors (Lipinski definition) is 1. The van der Waals surface area contributed by atoms with E-state index in [-0.39, 0.29) is 25.2 Å². The summed E-state index contributed by atoms with van der Waals surface area (Å²) < 4.78 is 10.6. The van der Waals surface area contributed by atoms with Crippen LogP contribution < -0.4 is 0 Å². The fraction of sp³-hybridized carbons (Fsp3) is 0.947. The average Bonchev–Trinajstić information content (AvgIpc) is 3.01. The molecule has 0 aromatic rings. The summed E-state index contributed by atoms with van der Waals surface area (Å²) >= 11 is 0. The van der Waals surface area contributed by atoms with Crippen LogP contribution in [0.1, 0.15) is 213 Å². The Balaban J connectivity index is 3.50. The molecule has 0 unspecified atom stereocenters. The zero-order chi connectivity index (χ0) is 31.5. The highest BCUT2D eigenvalue weighted by molar-refractivity contribution is 5.70. The number of esters is 2. The Hall–Kier alpha value is -1.10. The molecule has 5 heteroatoms. The van der Waals surface area contributed by atoms with Crippen molar-refractivity contribution in [3.05, 3.63) is 0 Å². The van der Waals surface area contributed by atoms with E-state index in [4.69, 9.17) is 9.47 Å². The zero-order valence-corrected chi connectivity index (χ0v) is 29.0. The molecule has 0 rings (SSSR count). The molecular weight excluding hydrogens is 536 g/mol. The van der Waals surface area contributed by atoms with Gasteiger partial charge in [-0.05, 0) is 12.8 Å². The third kappa shape index (κ3) is 33.6. The zero-order valence-electron chi connectivity index (χ0n) is 29.0. The molecule has 0 spiro atoms. The standard InChI is InChI=1S/C38H74O5/c1-3-5-7-9-11-13-15-17-19-21-23-25-27-29-31-33-38(41)43-36(34-39)35-42-37(40)32-30-28-26-24-22-20-18-16-14-12-10-8-6-4-2/h36,39H,3-35H2,1-2H3/t36-/m1/s1. The van der Waals surface area contributed by atoms with E-state index >= 15 is 0 Å². The number of ether oxygens (including phenoxy) is 2. The maximum Gasteiger partial charge on any atom is 0.306 e. The number of aliphatic hydroxyl groups excluding tert-OH is 1. The second kappa shape index (κ2) is 35.4. The van der Waals surface area contributed by atoms with Crippen molar-refractivity contribution in [1.82, 2.24) is 0 Å².